The Labute approximate surface area is 125 Å². The largest absolute Gasteiger partial charge is 0.477 e. The van der Waals surface area contributed by atoms with Crippen molar-refractivity contribution >= 4 is 22.4 Å². The van der Waals surface area contributed by atoms with E-state index in [2.05, 4.69) is 30.7 Å². The van der Waals surface area contributed by atoms with Crippen LogP contribution in [0.25, 0.3) is 0 Å². The highest BCUT2D eigenvalue weighted by Gasteiger charge is 2.23. The van der Waals surface area contributed by atoms with Crippen molar-refractivity contribution in [2.45, 2.75) is 65.8 Å². The summed E-state index contributed by atoms with van der Waals surface area (Å²) in [5, 5.41) is 10.2. The van der Waals surface area contributed by atoms with Crippen LogP contribution in [-0.4, -0.2) is 28.6 Å². The molecule has 0 saturated carbocycles. The van der Waals surface area contributed by atoms with Gasteiger partial charge in [0.2, 0.25) is 0 Å². The third kappa shape index (κ3) is 4.20. The zero-order chi connectivity index (χ0) is 15.3. The van der Waals surface area contributed by atoms with Crippen LogP contribution in [0.15, 0.2) is 0 Å². The summed E-state index contributed by atoms with van der Waals surface area (Å²) in [6, 6.07) is 0.333. The van der Waals surface area contributed by atoms with E-state index in [9.17, 15) is 9.90 Å². The maximum Gasteiger partial charge on any atom is 0.347 e. The van der Waals surface area contributed by atoms with Gasteiger partial charge in [0.05, 0.1) is 5.69 Å². The number of thiazole rings is 1. The molecule has 0 unspecified atom stereocenters. The zero-order valence-electron chi connectivity index (χ0n) is 13.1. The predicted molar refractivity (Wildman–Crippen MR) is 85.2 cm³/mol. The minimum absolute atomic E-state index is 0.135. The van der Waals surface area contributed by atoms with Crippen molar-refractivity contribution in [1.82, 2.24) is 4.98 Å². The fourth-order valence-electron chi connectivity index (χ4n) is 2.09. The first-order valence-corrected chi connectivity index (χ1v) is 8.20. The van der Waals surface area contributed by atoms with Gasteiger partial charge in [-0.1, -0.05) is 44.9 Å². The molecule has 1 heterocycles. The van der Waals surface area contributed by atoms with Gasteiger partial charge in [0.25, 0.3) is 0 Å². The second-order valence-electron chi connectivity index (χ2n) is 5.66. The van der Waals surface area contributed by atoms with Crippen LogP contribution < -0.4 is 4.90 Å². The van der Waals surface area contributed by atoms with Gasteiger partial charge in [-0.05, 0) is 26.2 Å². The molecule has 0 aliphatic heterocycles. The molecule has 114 valence electrons. The molecule has 1 aromatic rings. The van der Waals surface area contributed by atoms with Crippen molar-refractivity contribution in [3.05, 3.63) is 10.6 Å². The highest BCUT2D eigenvalue weighted by atomic mass is 32.1. The molecule has 0 aliphatic carbocycles. The van der Waals surface area contributed by atoms with E-state index in [-0.39, 0.29) is 5.92 Å². The summed E-state index contributed by atoms with van der Waals surface area (Å²) in [7, 11) is 0. The minimum atomic E-state index is -0.866. The third-order valence-corrected chi connectivity index (χ3v) is 4.35. The molecule has 20 heavy (non-hydrogen) atoms. The summed E-state index contributed by atoms with van der Waals surface area (Å²) in [6.45, 7) is 11.4. The van der Waals surface area contributed by atoms with E-state index in [1.54, 1.807) is 0 Å². The van der Waals surface area contributed by atoms with Crippen LogP contribution in [0.3, 0.4) is 0 Å². The lowest BCUT2D eigenvalue weighted by Crippen LogP contribution is -2.31. The number of nitrogens with zero attached hydrogens (tertiary/aromatic N) is 2. The summed E-state index contributed by atoms with van der Waals surface area (Å²) >= 11 is 1.31. The number of rotatable bonds is 8. The molecular weight excluding hydrogens is 272 g/mol. The van der Waals surface area contributed by atoms with Crippen molar-refractivity contribution < 1.29 is 9.90 Å². The Morgan fingerprint density at radius 3 is 2.35 bits per heavy atom. The second-order valence-corrected chi connectivity index (χ2v) is 6.64. The van der Waals surface area contributed by atoms with Crippen molar-refractivity contribution in [2.75, 3.05) is 11.4 Å². The van der Waals surface area contributed by atoms with E-state index in [1.807, 2.05) is 13.8 Å². The van der Waals surface area contributed by atoms with E-state index >= 15 is 0 Å². The molecule has 0 aromatic carbocycles. The average Bonchev–Trinajstić information content (AvgIpc) is 2.79. The second kappa shape index (κ2) is 7.62. The lowest BCUT2D eigenvalue weighted by Gasteiger charge is -2.26. The standard InChI is InChI=1S/C15H26N2O2S/c1-6-7-8-9-17(11(4)5)15-16-12(10(2)3)13(20-15)14(18)19/h10-11H,6-9H2,1-5H3,(H,18,19). The number of carboxylic acids is 1. The van der Waals surface area contributed by atoms with Crippen molar-refractivity contribution in [3.8, 4) is 0 Å². The molecule has 0 radical (unpaired) electrons. The Bertz CT molecular complexity index is 441. The van der Waals surface area contributed by atoms with Crippen molar-refractivity contribution in [2.24, 2.45) is 0 Å². The van der Waals surface area contributed by atoms with Crippen LogP contribution in [0.5, 0.6) is 0 Å². The molecule has 0 fully saturated rings. The van der Waals surface area contributed by atoms with E-state index in [1.165, 1.54) is 24.2 Å². The fourth-order valence-corrected chi connectivity index (χ4v) is 3.31. The lowest BCUT2D eigenvalue weighted by atomic mass is 10.1. The topological polar surface area (TPSA) is 53.4 Å². The van der Waals surface area contributed by atoms with E-state index in [0.29, 0.717) is 16.6 Å². The first-order valence-electron chi connectivity index (χ1n) is 7.39. The number of aromatic nitrogens is 1. The molecular formula is C15H26N2O2S. The van der Waals surface area contributed by atoms with Crippen molar-refractivity contribution in [3.63, 3.8) is 0 Å². The van der Waals surface area contributed by atoms with Gasteiger partial charge in [-0.25, -0.2) is 9.78 Å². The van der Waals surface area contributed by atoms with Crippen LogP contribution in [-0.2, 0) is 0 Å². The van der Waals surface area contributed by atoms with Crippen LogP contribution in [0.1, 0.15) is 75.2 Å². The number of anilines is 1. The maximum atomic E-state index is 11.3. The van der Waals surface area contributed by atoms with Crippen LogP contribution in [0.2, 0.25) is 0 Å². The van der Waals surface area contributed by atoms with Gasteiger partial charge >= 0.3 is 5.97 Å². The number of hydrogen-bond acceptors (Lipinski definition) is 4. The minimum Gasteiger partial charge on any atom is -0.477 e. The molecule has 5 heteroatoms. The monoisotopic (exact) mass is 298 g/mol. The first kappa shape index (κ1) is 17.0. The molecule has 0 amide bonds. The van der Waals surface area contributed by atoms with Crippen molar-refractivity contribution in [1.29, 1.82) is 0 Å². The van der Waals surface area contributed by atoms with Gasteiger partial charge < -0.3 is 10.0 Å². The normalized spacial score (nSPS) is 11.3. The number of hydrogen-bond donors (Lipinski definition) is 1. The number of carbonyl (C=O) groups is 1. The Kier molecular flexibility index (Phi) is 6.46. The predicted octanol–water partition coefficient (Wildman–Crippen LogP) is 4.37. The van der Waals surface area contributed by atoms with Crippen LogP contribution in [0.4, 0.5) is 5.13 Å². The van der Waals surface area contributed by atoms with Gasteiger partial charge in [-0.3, -0.25) is 0 Å². The van der Waals surface area contributed by atoms with E-state index in [0.717, 1.165) is 18.1 Å². The highest BCUT2D eigenvalue weighted by Crippen LogP contribution is 2.32. The summed E-state index contributed by atoms with van der Waals surface area (Å²) in [4.78, 5) is 18.5. The first-order chi connectivity index (χ1) is 9.38. The average molecular weight is 298 g/mol. The van der Waals surface area contributed by atoms with Gasteiger partial charge in [-0.2, -0.15) is 0 Å². The summed E-state index contributed by atoms with van der Waals surface area (Å²) in [5.74, 6) is -0.731. The Balaban J connectivity index is 3.02. The molecule has 0 bridgehead atoms. The van der Waals surface area contributed by atoms with Gasteiger partial charge in [0.1, 0.15) is 4.88 Å². The molecule has 1 aromatic heterocycles. The highest BCUT2D eigenvalue weighted by molar-refractivity contribution is 7.17. The van der Waals surface area contributed by atoms with Crippen LogP contribution >= 0.6 is 11.3 Å². The number of unbranched alkanes of at least 4 members (excludes halogenated alkanes) is 2. The smallest absolute Gasteiger partial charge is 0.347 e. The Morgan fingerprint density at radius 1 is 1.30 bits per heavy atom. The molecule has 0 saturated heterocycles. The Hall–Kier alpha value is -1.10. The Morgan fingerprint density at radius 2 is 1.95 bits per heavy atom. The number of carboxylic acid groups (broad SMARTS) is 1. The molecule has 4 nitrogen and oxygen atoms in total. The fraction of sp³-hybridized carbons (Fsp3) is 0.733. The lowest BCUT2D eigenvalue weighted by molar-refractivity contribution is 0.0700. The summed E-state index contributed by atoms with van der Waals surface area (Å²) in [5.41, 5.74) is 0.707. The van der Waals surface area contributed by atoms with Crippen LogP contribution in [0, 0.1) is 0 Å². The maximum absolute atomic E-state index is 11.3. The molecule has 0 aliphatic rings. The SMILES string of the molecule is CCCCCN(c1nc(C(C)C)c(C(=O)O)s1)C(C)C. The number of aromatic carboxylic acids is 1. The summed E-state index contributed by atoms with van der Waals surface area (Å²) < 4.78 is 0. The van der Waals surface area contributed by atoms with Gasteiger partial charge in [0, 0.05) is 12.6 Å². The van der Waals surface area contributed by atoms with E-state index < -0.39 is 5.97 Å². The quantitative estimate of drug-likeness (QED) is 0.724. The zero-order valence-corrected chi connectivity index (χ0v) is 14.0. The molecule has 0 spiro atoms. The third-order valence-electron chi connectivity index (χ3n) is 3.25. The molecule has 1 rings (SSSR count). The van der Waals surface area contributed by atoms with Gasteiger partial charge in [0.15, 0.2) is 5.13 Å². The van der Waals surface area contributed by atoms with Gasteiger partial charge in [-0.15, -0.1) is 0 Å². The molecule has 0 atom stereocenters. The van der Waals surface area contributed by atoms with E-state index in [4.69, 9.17) is 0 Å². The summed E-state index contributed by atoms with van der Waals surface area (Å²) in [6.07, 6.45) is 3.49. The molecule has 1 N–H and O–H groups in total.